The predicted octanol–water partition coefficient (Wildman–Crippen LogP) is 2.83. The van der Waals surface area contributed by atoms with Gasteiger partial charge in [-0.3, -0.25) is 0 Å². The van der Waals surface area contributed by atoms with Crippen molar-refractivity contribution in [1.29, 1.82) is 0 Å². The maximum atomic E-state index is 5.29. The fraction of sp³-hybridized carbons (Fsp3) is 0.100. The molecular weight excluding hydrogens is 150 g/mol. The van der Waals surface area contributed by atoms with Crippen molar-refractivity contribution >= 4 is 12.2 Å². The Kier molecular flexibility index (Phi) is 2.64. The standard InChI is InChI=1S/C10H11NO/c1-4-6-7-10-9(5-2)11-8(3)12-10/h4-7H,1-2H2,3H3/b7-6-. The van der Waals surface area contributed by atoms with Gasteiger partial charge in [-0.2, -0.15) is 0 Å². The van der Waals surface area contributed by atoms with E-state index in [1.54, 1.807) is 25.2 Å². The van der Waals surface area contributed by atoms with E-state index in [1.165, 1.54) is 0 Å². The second-order valence-electron chi connectivity index (χ2n) is 2.28. The van der Waals surface area contributed by atoms with E-state index in [0.717, 1.165) is 11.5 Å². The van der Waals surface area contributed by atoms with E-state index >= 15 is 0 Å². The third kappa shape index (κ3) is 1.72. The summed E-state index contributed by atoms with van der Waals surface area (Å²) in [4.78, 5) is 4.11. The summed E-state index contributed by atoms with van der Waals surface area (Å²) in [6.07, 6.45) is 6.96. The molecule has 0 fully saturated rings. The minimum atomic E-state index is 0.647. The van der Waals surface area contributed by atoms with E-state index in [0.29, 0.717) is 5.89 Å². The predicted molar refractivity (Wildman–Crippen MR) is 50.6 cm³/mol. The van der Waals surface area contributed by atoms with Crippen LogP contribution in [0.4, 0.5) is 0 Å². The quantitative estimate of drug-likeness (QED) is 0.637. The monoisotopic (exact) mass is 161 g/mol. The van der Waals surface area contributed by atoms with Gasteiger partial charge in [0.1, 0.15) is 5.69 Å². The van der Waals surface area contributed by atoms with Crippen LogP contribution in [-0.4, -0.2) is 4.98 Å². The first kappa shape index (κ1) is 8.53. The van der Waals surface area contributed by atoms with Crippen LogP contribution in [0.1, 0.15) is 17.3 Å². The van der Waals surface area contributed by atoms with Gasteiger partial charge in [0, 0.05) is 6.92 Å². The van der Waals surface area contributed by atoms with Gasteiger partial charge in [0.2, 0.25) is 0 Å². The van der Waals surface area contributed by atoms with Crippen LogP contribution in [0.3, 0.4) is 0 Å². The first-order valence-corrected chi connectivity index (χ1v) is 3.67. The number of hydrogen-bond acceptors (Lipinski definition) is 2. The van der Waals surface area contributed by atoms with Crippen LogP contribution < -0.4 is 0 Å². The number of aryl methyl sites for hydroxylation is 1. The molecule has 1 rings (SSSR count). The number of aromatic nitrogens is 1. The molecule has 0 amide bonds. The zero-order valence-corrected chi connectivity index (χ0v) is 7.08. The van der Waals surface area contributed by atoms with Crippen LogP contribution in [0.15, 0.2) is 29.7 Å². The Hall–Kier alpha value is -1.57. The Bertz CT molecular complexity index is 321. The van der Waals surface area contributed by atoms with Crippen LogP contribution in [0.25, 0.3) is 12.2 Å². The molecule has 12 heavy (non-hydrogen) atoms. The summed E-state index contributed by atoms with van der Waals surface area (Å²) in [5.74, 6) is 1.37. The van der Waals surface area contributed by atoms with Gasteiger partial charge in [-0.05, 0) is 12.2 Å². The van der Waals surface area contributed by atoms with Crippen molar-refractivity contribution in [3.05, 3.63) is 42.7 Å². The van der Waals surface area contributed by atoms with Crippen molar-refractivity contribution in [2.75, 3.05) is 0 Å². The first-order chi connectivity index (χ1) is 5.77. The third-order valence-electron chi connectivity index (χ3n) is 1.37. The fourth-order valence-electron chi connectivity index (χ4n) is 0.880. The molecule has 0 aliphatic carbocycles. The number of rotatable bonds is 3. The Balaban J connectivity index is 3.04. The molecule has 0 bridgehead atoms. The van der Waals surface area contributed by atoms with E-state index in [1.807, 2.05) is 6.08 Å². The Morgan fingerprint density at radius 1 is 1.42 bits per heavy atom. The van der Waals surface area contributed by atoms with Crippen molar-refractivity contribution in [2.45, 2.75) is 6.92 Å². The van der Waals surface area contributed by atoms with E-state index < -0.39 is 0 Å². The fourth-order valence-corrected chi connectivity index (χ4v) is 0.880. The molecule has 0 spiro atoms. The van der Waals surface area contributed by atoms with Gasteiger partial charge < -0.3 is 4.42 Å². The molecule has 0 saturated heterocycles. The highest BCUT2D eigenvalue weighted by molar-refractivity contribution is 5.57. The van der Waals surface area contributed by atoms with Gasteiger partial charge >= 0.3 is 0 Å². The zero-order valence-electron chi connectivity index (χ0n) is 7.08. The molecule has 0 aliphatic rings. The van der Waals surface area contributed by atoms with Crippen LogP contribution in [0.5, 0.6) is 0 Å². The molecule has 0 atom stereocenters. The molecule has 0 saturated carbocycles. The molecule has 1 aromatic heterocycles. The van der Waals surface area contributed by atoms with E-state index in [-0.39, 0.29) is 0 Å². The van der Waals surface area contributed by atoms with Crippen molar-refractivity contribution in [3.8, 4) is 0 Å². The number of allylic oxidation sites excluding steroid dienone is 2. The molecule has 2 nitrogen and oxygen atoms in total. The highest BCUT2D eigenvalue weighted by atomic mass is 16.4. The molecular formula is C10H11NO. The summed E-state index contributed by atoms with van der Waals surface area (Å²) in [5.41, 5.74) is 0.769. The average molecular weight is 161 g/mol. The lowest BCUT2D eigenvalue weighted by molar-refractivity contribution is 0.513. The van der Waals surface area contributed by atoms with Crippen molar-refractivity contribution < 1.29 is 4.42 Å². The molecule has 1 heterocycles. The number of oxazole rings is 1. The minimum absolute atomic E-state index is 0.647. The summed E-state index contributed by atoms with van der Waals surface area (Å²) in [7, 11) is 0. The van der Waals surface area contributed by atoms with Gasteiger partial charge in [-0.15, -0.1) is 0 Å². The zero-order chi connectivity index (χ0) is 8.97. The lowest BCUT2D eigenvalue weighted by atomic mass is 10.3. The molecule has 0 unspecified atom stereocenters. The summed E-state index contributed by atoms with van der Waals surface area (Å²) < 4.78 is 5.29. The van der Waals surface area contributed by atoms with Gasteiger partial charge in [0.15, 0.2) is 11.7 Å². The SMILES string of the molecule is C=C/C=C\c1oc(C)nc1C=C. The minimum Gasteiger partial charge on any atom is -0.441 e. The van der Waals surface area contributed by atoms with Crippen LogP contribution >= 0.6 is 0 Å². The average Bonchev–Trinajstić information content (AvgIpc) is 2.42. The van der Waals surface area contributed by atoms with Gasteiger partial charge in [-0.25, -0.2) is 4.98 Å². The molecule has 0 aromatic carbocycles. The highest BCUT2D eigenvalue weighted by Crippen LogP contribution is 2.13. The van der Waals surface area contributed by atoms with Crippen LogP contribution in [0.2, 0.25) is 0 Å². The largest absolute Gasteiger partial charge is 0.441 e. The Morgan fingerprint density at radius 2 is 2.17 bits per heavy atom. The smallest absolute Gasteiger partial charge is 0.192 e. The topological polar surface area (TPSA) is 26.0 Å². The van der Waals surface area contributed by atoms with Gasteiger partial charge in [0.25, 0.3) is 0 Å². The second-order valence-corrected chi connectivity index (χ2v) is 2.28. The number of nitrogens with zero attached hydrogens (tertiary/aromatic N) is 1. The van der Waals surface area contributed by atoms with Crippen LogP contribution in [-0.2, 0) is 0 Å². The number of hydrogen-bond donors (Lipinski definition) is 0. The maximum absolute atomic E-state index is 5.29. The van der Waals surface area contributed by atoms with E-state index in [9.17, 15) is 0 Å². The van der Waals surface area contributed by atoms with Crippen molar-refractivity contribution in [1.82, 2.24) is 4.98 Å². The van der Waals surface area contributed by atoms with Gasteiger partial charge in [-0.1, -0.05) is 25.3 Å². The normalized spacial score (nSPS) is 10.4. The van der Waals surface area contributed by atoms with Crippen molar-refractivity contribution in [3.63, 3.8) is 0 Å². The Labute approximate surface area is 71.9 Å². The van der Waals surface area contributed by atoms with Crippen molar-refractivity contribution in [2.24, 2.45) is 0 Å². The first-order valence-electron chi connectivity index (χ1n) is 3.67. The van der Waals surface area contributed by atoms with Crippen LogP contribution in [0, 0.1) is 6.92 Å². The molecule has 1 aromatic rings. The maximum Gasteiger partial charge on any atom is 0.192 e. The molecule has 2 heteroatoms. The lowest BCUT2D eigenvalue weighted by Crippen LogP contribution is -1.73. The lowest BCUT2D eigenvalue weighted by Gasteiger charge is -1.84. The summed E-state index contributed by atoms with van der Waals surface area (Å²) in [6.45, 7) is 9.00. The summed E-state index contributed by atoms with van der Waals surface area (Å²) in [5, 5.41) is 0. The molecule has 0 N–H and O–H groups in total. The second kappa shape index (κ2) is 3.72. The van der Waals surface area contributed by atoms with E-state index in [2.05, 4.69) is 18.1 Å². The molecule has 0 aliphatic heterocycles. The highest BCUT2D eigenvalue weighted by Gasteiger charge is 2.02. The third-order valence-corrected chi connectivity index (χ3v) is 1.37. The molecule has 0 radical (unpaired) electrons. The summed E-state index contributed by atoms with van der Waals surface area (Å²) in [6, 6.07) is 0. The Morgan fingerprint density at radius 3 is 2.75 bits per heavy atom. The van der Waals surface area contributed by atoms with E-state index in [4.69, 9.17) is 4.42 Å². The van der Waals surface area contributed by atoms with Gasteiger partial charge in [0.05, 0.1) is 0 Å². The molecule has 62 valence electrons. The summed E-state index contributed by atoms with van der Waals surface area (Å²) >= 11 is 0.